The van der Waals surface area contributed by atoms with Crippen molar-refractivity contribution in [3.63, 3.8) is 0 Å². The molecule has 0 saturated carbocycles. The zero-order valence-corrected chi connectivity index (χ0v) is 37.4. The molecule has 3 atom stereocenters. The van der Waals surface area contributed by atoms with Crippen LogP contribution in [0.2, 0.25) is 0 Å². The first-order valence-corrected chi connectivity index (χ1v) is 24.5. The highest BCUT2D eigenvalue weighted by atomic mass is 31.2. The van der Waals surface area contributed by atoms with Gasteiger partial charge in [-0.15, -0.1) is 0 Å². The van der Waals surface area contributed by atoms with Gasteiger partial charge in [-0.25, -0.2) is 0 Å². The number of nitrogens with zero attached hydrogens (tertiary/aromatic N) is 1. The molecule has 3 N–H and O–H groups in total. The van der Waals surface area contributed by atoms with E-state index in [2.05, 4.69) is 13.8 Å². The van der Waals surface area contributed by atoms with Gasteiger partial charge in [-0.2, -0.15) is 0 Å². The second kappa shape index (κ2) is 36.1. The fraction of sp³-hybridized carbons (Fsp3) is 0.955. The van der Waals surface area contributed by atoms with E-state index in [1.165, 1.54) is 122 Å². The van der Waals surface area contributed by atoms with Crippen LogP contribution in [0.1, 0.15) is 220 Å². The topological polar surface area (TPSA) is 140 Å². The van der Waals surface area contributed by atoms with Crippen molar-refractivity contribution in [1.82, 2.24) is 0 Å². The number of esters is 2. The Bertz CT molecular complexity index is 948. The number of hydrogen-bond acceptors (Lipinski definition) is 8. The predicted octanol–water partition coefficient (Wildman–Crippen LogP) is 11.5. The van der Waals surface area contributed by atoms with Crippen molar-refractivity contribution in [1.29, 1.82) is 0 Å². The summed E-state index contributed by atoms with van der Waals surface area (Å²) in [6.45, 7) is 6.03. The number of ether oxygens (including phenoxy) is 2. The molecule has 0 aliphatic carbocycles. The number of aliphatic hydroxyl groups is 2. The molecule has 0 aromatic heterocycles. The summed E-state index contributed by atoms with van der Waals surface area (Å²) in [6.07, 6.45) is 30.5. The Hall–Kier alpha value is -1.03. The van der Waals surface area contributed by atoms with E-state index in [1.807, 2.05) is 6.92 Å². The third-order valence-corrected chi connectivity index (χ3v) is 13.0. The molecule has 0 bridgehead atoms. The molecule has 0 aliphatic rings. The first-order chi connectivity index (χ1) is 26.4. The maximum atomic E-state index is 13.6. The largest absolute Gasteiger partial charge is 0.462 e. The van der Waals surface area contributed by atoms with Crippen LogP contribution in [0.5, 0.6) is 0 Å². The molecule has 0 spiro atoms. The summed E-state index contributed by atoms with van der Waals surface area (Å²) in [5.74, 6) is -1.64. The molecule has 0 fully saturated rings. The zero-order valence-electron chi connectivity index (χ0n) is 36.5. The van der Waals surface area contributed by atoms with E-state index in [0.29, 0.717) is 19.3 Å². The molecule has 0 amide bonds. The van der Waals surface area contributed by atoms with Crippen LogP contribution in [0.25, 0.3) is 0 Å². The molecule has 0 radical (unpaired) electrons. The Kier molecular flexibility index (Phi) is 35.4. The SMILES string of the molecule is CCCCCCCCCCCCCCCC(=O)OC[C@H](COP(=O)(O)C(CCC)[N+](C)(C)CCC(O)O)OC(=O)CCCCCCCCCCCCCCC. The predicted molar refractivity (Wildman–Crippen MR) is 226 cm³/mol. The molecule has 0 aliphatic heterocycles. The Morgan fingerprint density at radius 1 is 0.545 bits per heavy atom. The molecule has 0 heterocycles. The first-order valence-electron chi connectivity index (χ1n) is 22.9. The molecule has 10 nitrogen and oxygen atoms in total. The molecule has 11 heteroatoms. The van der Waals surface area contributed by atoms with Gasteiger partial charge in [-0.3, -0.25) is 14.2 Å². The van der Waals surface area contributed by atoms with Gasteiger partial charge < -0.3 is 33.6 Å². The highest BCUT2D eigenvalue weighted by molar-refractivity contribution is 7.53. The Balaban J connectivity index is 4.83. The van der Waals surface area contributed by atoms with Crippen LogP contribution in [-0.4, -0.2) is 83.6 Å². The minimum absolute atomic E-state index is 0.0435. The third-order valence-electron chi connectivity index (χ3n) is 10.8. The van der Waals surface area contributed by atoms with Crippen molar-refractivity contribution in [2.24, 2.45) is 0 Å². The maximum absolute atomic E-state index is 13.6. The zero-order chi connectivity index (χ0) is 41.0. The van der Waals surface area contributed by atoms with Gasteiger partial charge in [0.05, 0.1) is 27.2 Å². The van der Waals surface area contributed by atoms with E-state index in [-0.39, 0.29) is 49.5 Å². The van der Waals surface area contributed by atoms with Gasteiger partial charge in [0.2, 0.25) is 0 Å². The average molecular weight is 807 g/mol. The smallest absolute Gasteiger partial charge is 0.385 e. The summed E-state index contributed by atoms with van der Waals surface area (Å²) in [7, 11) is -0.735. The second-order valence-corrected chi connectivity index (χ2v) is 18.7. The minimum atomic E-state index is -4.26. The van der Waals surface area contributed by atoms with Gasteiger partial charge in [0.1, 0.15) is 6.61 Å². The fourth-order valence-electron chi connectivity index (χ4n) is 7.23. The van der Waals surface area contributed by atoms with Gasteiger partial charge >= 0.3 is 19.5 Å². The highest BCUT2D eigenvalue weighted by Crippen LogP contribution is 2.52. The molecule has 55 heavy (non-hydrogen) atoms. The summed E-state index contributed by atoms with van der Waals surface area (Å²) in [5, 5.41) is 18.8. The number of hydrogen-bond donors (Lipinski definition) is 3. The number of quaternary nitrogens is 1. The molecular weight excluding hydrogens is 717 g/mol. The van der Waals surface area contributed by atoms with Gasteiger partial charge in [-0.1, -0.05) is 175 Å². The Morgan fingerprint density at radius 3 is 1.31 bits per heavy atom. The molecule has 2 unspecified atom stereocenters. The van der Waals surface area contributed by atoms with Crippen LogP contribution in [0.4, 0.5) is 0 Å². The lowest BCUT2D eigenvalue weighted by Gasteiger charge is -2.39. The van der Waals surface area contributed by atoms with Crippen molar-refractivity contribution >= 4 is 19.5 Å². The summed E-state index contributed by atoms with van der Waals surface area (Å²) in [5.41, 5.74) is 0. The normalized spacial score (nSPS) is 14.2. The first kappa shape index (κ1) is 54.0. The van der Waals surface area contributed by atoms with Crippen LogP contribution in [0, 0.1) is 0 Å². The summed E-state index contributed by atoms with van der Waals surface area (Å²) >= 11 is 0. The molecule has 0 aromatic carbocycles. The summed E-state index contributed by atoms with van der Waals surface area (Å²) in [6, 6.07) is 0. The van der Waals surface area contributed by atoms with Crippen LogP contribution in [0.15, 0.2) is 0 Å². The molecule has 328 valence electrons. The van der Waals surface area contributed by atoms with E-state index in [0.717, 1.165) is 38.5 Å². The van der Waals surface area contributed by atoms with Crippen molar-refractivity contribution in [3.05, 3.63) is 0 Å². The van der Waals surface area contributed by atoms with Crippen LogP contribution in [-0.2, 0) is 28.2 Å². The molecule has 0 aromatic rings. The van der Waals surface area contributed by atoms with Gasteiger partial charge in [-0.05, 0) is 19.3 Å². The Morgan fingerprint density at radius 2 is 0.927 bits per heavy atom. The number of rotatable bonds is 41. The lowest BCUT2D eigenvalue weighted by atomic mass is 10.0. The van der Waals surface area contributed by atoms with Crippen molar-refractivity contribution in [2.75, 3.05) is 33.9 Å². The maximum Gasteiger partial charge on any atom is 0.385 e. The fourth-order valence-corrected chi connectivity index (χ4v) is 9.27. The Labute approximate surface area is 338 Å². The third kappa shape index (κ3) is 32.6. The molecular formula is C44H89NO9P+. The van der Waals surface area contributed by atoms with Crippen molar-refractivity contribution in [3.8, 4) is 0 Å². The number of unbranched alkanes of at least 4 members (excludes halogenated alkanes) is 24. The van der Waals surface area contributed by atoms with Gasteiger partial charge in [0.15, 0.2) is 18.2 Å². The lowest BCUT2D eigenvalue weighted by Crippen LogP contribution is -2.50. The van der Waals surface area contributed by atoms with Gasteiger partial charge in [0, 0.05) is 25.7 Å². The van der Waals surface area contributed by atoms with E-state index < -0.39 is 31.7 Å². The van der Waals surface area contributed by atoms with Crippen LogP contribution >= 0.6 is 7.60 Å². The van der Waals surface area contributed by atoms with E-state index in [9.17, 15) is 29.3 Å². The van der Waals surface area contributed by atoms with E-state index in [4.69, 9.17) is 14.0 Å². The van der Waals surface area contributed by atoms with Crippen LogP contribution in [0.3, 0.4) is 0 Å². The minimum Gasteiger partial charge on any atom is -0.462 e. The monoisotopic (exact) mass is 807 g/mol. The number of carbonyl (C=O) groups is 2. The number of carbonyl (C=O) groups excluding carboxylic acids is 2. The molecule has 0 rings (SSSR count). The lowest BCUT2D eigenvalue weighted by molar-refractivity contribution is -0.904. The average Bonchev–Trinajstić information content (AvgIpc) is 3.14. The van der Waals surface area contributed by atoms with E-state index >= 15 is 0 Å². The van der Waals surface area contributed by atoms with Gasteiger partial charge in [0.25, 0.3) is 0 Å². The standard InChI is InChI=1S/C44H88NO9P/c1-6-9-11-13-15-17-19-21-23-25-27-29-31-34-43(48)52-38-40(39-53-55(50,51)41(33-8-3)45(4,5)37-36-42(46)47)54-44(49)35-32-30-28-26-24-22-20-18-16-14-12-10-7-2/h40-42,46-47H,6-39H2,1-5H3/p+1/t40-,41?/m1/s1. The number of aliphatic hydroxyl groups excluding tert-OH is 1. The summed E-state index contributed by atoms with van der Waals surface area (Å²) < 4.78 is 30.5. The summed E-state index contributed by atoms with van der Waals surface area (Å²) in [4.78, 5) is 36.7. The van der Waals surface area contributed by atoms with Crippen molar-refractivity contribution in [2.45, 2.75) is 238 Å². The van der Waals surface area contributed by atoms with Crippen LogP contribution < -0.4 is 0 Å². The van der Waals surface area contributed by atoms with Crippen molar-refractivity contribution < 1.29 is 47.7 Å². The van der Waals surface area contributed by atoms with E-state index in [1.54, 1.807) is 14.1 Å². The second-order valence-electron chi connectivity index (χ2n) is 16.7. The molecule has 0 saturated heterocycles. The quantitative estimate of drug-likeness (QED) is 0.0181. The highest BCUT2D eigenvalue weighted by Gasteiger charge is 2.44.